The number of nitrogens with zero attached hydrogens (tertiary/aromatic N) is 2. The zero-order valence-corrected chi connectivity index (χ0v) is 17.6. The Labute approximate surface area is 181 Å². The van der Waals surface area contributed by atoms with Gasteiger partial charge in [0.2, 0.25) is 0 Å². The van der Waals surface area contributed by atoms with E-state index in [4.69, 9.17) is 0 Å². The molecule has 1 heterocycles. The number of hydrogen-bond donors (Lipinski definition) is 1. The standard InChI is InChI=1S/C20H14F3N3O4S2/c21-20(22,23)16-11-17-19(12-18(16)31(27,28)25-14-7-3-1-4-8-14)32(29,30)26(13-24-17)15-9-5-2-6-10-15/h1-13,25H. The average molecular weight is 481 g/mol. The van der Waals surface area contributed by atoms with Crippen LogP contribution in [0.3, 0.4) is 0 Å². The van der Waals surface area contributed by atoms with E-state index >= 15 is 0 Å². The molecule has 0 unspecified atom stereocenters. The van der Waals surface area contributed by atoms with E-state index in [9.17, 15) is 30.0 Å². The Hall–Kier alpha value is -3.38. The maximum atomic E-state index is 13.7. The SMILES string of the molecule is O=S(=O)(Nc1ccccc1)c1cc2c(cc1C(F)(F)F)N=CN(c1ccccc1)S2(=O)=O. The summed E-state index contributed by atoms with van der Waals surface area (Å²) in [7, 11) is -9.23. The van der Waals surface area contributed by atoms with E-state index in [0.29, 0.717) is 12.1 Å². The molecule has 3 aromatic carbocycles. The number of anilines is 2. The topological polar surface area (TPSA) is 95.9 Å². The Morgan fingerprint density at radius 2 is 1.50 bits per heavy atom. The number of para-hydroxylation sites is 2. The first-order chi connectivity index (χ1) is 15.0. The molecule has 0 amide bonds. The van der Waals surface area contributed by atoms with Gasteiger partial charge in [-0.05, 0) is 36.4 Å². The summed E-state index contributed by atoms with van der Waals surface area (Å²) in [6.45, 7) is 0. The van der Waals surface area contributed by atoms with Crippen molar-refractivity contribution >= 4 is 43.4 Å². The summed E-state index contributed by atoms with van der Waals surface area (Å²) in [6.07, 6.45) is -4.20. The zero-order chi connectivity index (χ0) is 23.1. The van der Waals surface area contributed by atoms with Crippen LogP contribution in [0, 0.1) is 0 Å². The second-order valence-electron chi connectivity index (χ2n) is 6.67. The third kappa shape index (κ3) is 3.94. The molecule has 4 rings (SSSR count). The molecule has 0 aromatic heterocycles. The lowest BCUT2D eigenvalue weighted by Crippen LogP contribution is -2.32. The molecule has 12 heteroatoms. The lowest BCUT2D eigenvalue weighted by atomic mass is 10.2. The third-order valence-corrected chi connectivity index (χ3v) is 7.66. The Kier molecular flexibility index (Phi) is 5.21. The Bertz CT molecular complexity index is 1410. The third-order valence-electron chi connectivity index (χ3n) is 4.53. The van der Waals surface area contributed by atoms with Gasteiger partial charge in [-0.2, -0.15) is 13.2 Å². The van der Waals surface area contributed by atoms with Gasteiger partial charge in [-0.3, -0.25) is 4.72 Å². The maximum absolute atomic E-state index is 13.7. The van der Waals surface area contributed by atoms with Gasteiger partial charge in [0.25, 0.3) is 20.0 Å². The van der Waals surface area contributed by atoms with Crippen LogP contribution in [-0.4, -0.2) is 23.2 Å². The molecule has 0 saturated heterocycles. The molecule has 1 aliphatic heterocycles. The molecule has 166 valence electrons. The number of sulfonamides is 2. The van der Waals surface area contributed by atoms with E-state index in [1.807, 2.05) is 4.72 Å². The van der Waals surface area contributed by atoms with E-state index in [0.717, 1.165) is 10.6 Å². The van der Waals surface area contributed by atoms with Crippen LogP contribution in [0.4, 0.5) is 30.2 Å². The van der Waals surface area contributed by atoms with Crippen molar-refractivity contribution in [3.63, 3.8) is 0 Å². The van der Waals surface area contributed by atoms with Gasteiger partial charge in [0.05, 0.1) is 16.9 Å². The number of hydrogen-bond acceptors (Lipinski definition) is 5. The monoisotopic (exact) mass is 481 g/mol. The van der Waals surface area contributed by atoms with Crippen molar-refractivity contribution < 1.29 is 30.0 Å². The van der Waals surface area contributed by atoms with Gasteiger partial charge in [-0.25, -0.2) is 26.1 Å². The first-order valence-electron chi connectivity index (χ1n) is 8.97. The summed E-state index contributed by atoms with van der Waals surface area (Å²) in [4.78, 5) is 1.95. The fourth-order valence-electron chi connectivity index (χ4n) is 3.08. The molecule has 0 aliphatic carbocycles. The zero-order valence-electron chi connectivity index (χ0n) is 16.0. The number of halogens is 3. The molecule has 1 N–H and O–H groups in total. The van der Waals surface area contributed by atoms with E-state index in [-0.39, 0.29) is 11.4 Å². The fraction of sp³-hybridized carbons (Fsp3) is 0.0500. The Balaban J connectivity index is 1.91. The minimum Gasteiger partial charge on any atom is -0.280 e. The second kappa shape index (κ2) is 7.64. The predicted octanol–water partition coefficient (Wildman–Crippen LogP) is 4.37. The number of benzene rings is 3. The minimum atomic E-state index is -5.08. The summed E-state index contributed by atoms with van der Waals surface area (Å²) in [5.41, 5.74) is -1.83. The number of nitrogens with one attached hydrogen (secondary N) is 1. The fourth-order valence-corrected chi connectivity index (χ4v) is 5.87. The highest BCUT2D eigenvalue weighted by Gasteiger charge is 2.41. The summed E-state index contributed by atoms with van der Waals surface area (Å²) in [5, 5.41) is 0. The van der Waals surface area contributed by atoms with Crippen molar-refractivity contribution in [3.8, 4) is 0 Å². The molecular weight excluding hydrogens is 467 g/mol. The van der Waals surface area contributed by atoms with Crippen molar-refractivity contribution in [1.29, 1.82) is 0 Å². The molecule has 0 atom stereocenters. The largest absolute Gasteiger partial charge is 0.417 e. The van der Waals surface area contributed by atoms with Crippen molar-refractivity contribution in [2.24, 2.45) is 4.99 Å². The molecule has 0 bridgehead atoms. The highest BCUT2D eigenvalue weighted by molar-refractivity contribution is 7.94. The van der Waals surface area contributed by atoms with Gasteiger partial charge in [0, 0.05) is 5.69 Å². The highest BCUT2D eigenvalue weighted by Crippen LogP contribution is 2.42. The summed E-state index contributed by atoms with van der Waals surface area (Å²) in [6, 6.07) is 15.9. The first-order valence-corrected chi connectivity index (χ1v) is 11.9. The van der Waals surface area contributed by atoms with Crippen LogP contribution in [0.25, 0.3) is 0 Å². The Morgan fingerprint density at radius 1 is 0.906 bits per heavy atom. The molecule has 0 fully saturated rings. The van der Waals surface area contributed by atoms with Gasteiger partial charge in [-0.15, -0.1) is 0 Å². The lowest BCUT2D eigenvalue weighted by Gasteiger charge is -2.25. The molecule has 0 spiro atoms. The highest BCUT2D eigenvalue weighted by atomic mass is 32.2. The quantitative estimate of drug-likeness (QED) is 0.598. The summed E-state index contributed by atoms with van der Waals surface area (Å²) in [5.74, 6) is 0. The normalized spacial score (nSPS) is 15.3. The van der Waals surface area contributed by atoms with Crippen LogP contribution in [0.15, 0.2) is 87.6 Å². The molecule has 1 aliphatic rings. The minimum absolute atomic E-state index is 0.0186. The van der Waals surface area contributed by atoms with E-state index in [1.165, 1.54) is 36.4 Å². The maximum Gasteiger partial charge on any atom is 0.417 e. The average Bonchev–Trinajstić information content (AvgIpc) is 2.73. The number of aliphatic imine (C=N–C) groups is 1. The smallest absolute Gasteiger partial charge is 0.280 e. The number of fused-ring (bicyclic) bond motifs is 1. The van der Waals surface area contributed by atoms with Crippen LogP contribution in [-0.2, 0) is 26.2 Å². The van der Waals surface area contributed by atoms with Crippen LogP contribution < -0.4 is 9.03 Å². The van der Waals surface area contributed by atoms with Crippen molar-refractivity contribution in [1.82, 2.24) is 0 Å². The van der Waals surface area contributed by atoms with Crippen LogP contribution in [0.1, 0.15) is 5.56 Å². The molecule has 7 nitrogen and oxygen atoms in total. The van der Waals surface area contributed by atoms with Gasteiger partial charge >= 0.3 is 6.18 Å². The second-order valence-corrected chi connectivity index (χ2v) is 10.1. The van der Waals surface area contributed by atoms with Crippen LogP contribution in [0.5, 0.6) is 0 Å². The first kappa shape index (κ1) is 21.8. The Morgan fingerprint density at radius 3 is 2.09 bits per heavy atom. The van der Waals surface area contributed by atoms with Crippen molar-refractivity contribution in [3.05, 3.63) is 78.4 Å². The molecule has 3 aromatic rings. The molecule has 0 saturated carbocycles. The van der Waals surface area contributed by atoms with Gasteiger partial charge in [0.15, 0.2) is 0 Å². The summed E-state index contributed by atoms with van der Waals surface area (Å²) < 4.78 is 96.0. The molecule has 32 heavy (non-hydrogen) atoms. The molecule has 0 radical (unpaired) electrons. The van der Waals surface area contributed by atoms with Crippen molar-refractivity contribution in [2.75, 3.05) is 9.03 Å². The lowest BCUT2D eigenvalue weighted by molar-refractivity contribution is -0.139. The van der Waals surface area contributed by atoms with Crippen LogP contribution in [0.2, 0.25) is 0 Å². The summed E-state index contributed by atoms with van der Waals surface area (Å²) >= 11 is 0. The van der Waals surface area contributed by atoms with Gasteiger partial charge < -0.3 is 0 Å². The predicted molar refractivity (Wildman–Crippen MR) is 113 cm³/mol. The van der Waals surface area contributed by atoms with Crippen molar-refractivity contribution in [2.45, 2.75) is 16.0 Å². The number of alkyl halides is 3. The van der Waals surface area contributed by atoms with Crippen LogP contribution >= 0.6 is 0 Å². The van der Waals surface area contributed by atoms with Gasteiger partial charge in [0.1, 0.15) is 16.1 Å². The molecular formula is C20H14F3N3O4S2. The van der Waals surface area contributed by atoms with E-state index in [2.05, 4.69) is 4.99 Å². The number of rotatable bonds is 4. The van der Waals surface area contributed by atoms with E-state index in [1.54, 1.807) is 24.3 Å². The van der Waals surface area contributed by atoms with E-state index < -0.39 is 47.3 Å². The van der Waals surface area contributed by atoms with Gasteiger partial charge in [-0.1, -0.05) is 36.4 Å².